The average molecular weight is 382 g/mol. The molecule has 0 unspecified atom stereocenters. The highest BCUT2D eigenvalue weighted by molar-refractivity contribution is 7.09. The normalized spacial score (nSPS) is 10.9. The second kappa shape index (κ2) is 8.95. The quantitative estimate of drug-likeness (QED) is 0.494. The van der Waals surface area contributed by atoms with E-state index in [2.05, 4.69) is 10.3 Å². The minimum Gasteiger partial charge on any atom is -0.465 e. The Labute approximate surface area is 160 Å². The first-order valence-electron chi connectivity index (χ1n) is 8.26. The van der Waals surface area contributed by atoms with Gasteiger partial charge < -0.3 is 14.5 Å². The minimum absolute atomic E-state index is 0.0530. The number of amides is 1. The molecule has 1 amide bonds. The van der Waals surface area contributed by atoms with Crippen molar-refractivity contribution >= 4 is 35.0 Å². The van der Waals surface area contributed by atoms with Crippen molar-refractivity contribution in [2.75, 3.05) is 5.32 Å². The maximum absolute atomic E-state index is 12.1. The number of furan rings is 1. The summed E-state index contributed by atoms with van der Waals surface area (Å²) in [4.78, 5) is 28.1. The molecule has 0 saturated heterocycles. The van der Waals surface area contributed by atoms with E-state index < -0.39 is 5.97 Å². The number of ether oxygens (including phenoxy) is 1. The van der Waals surface area contributed by atoms with Crippen LogP contribution >= 0.6 is 11.3 Å². The number of benzene rings is 1. The van der Waals surface area contributed by atoms with Crippen molar-refractivity contribution in [2.45, 2.75) is 20.0 Å². The lowest BCUT2D eigenvalue weighted by Crippen LogP contribution is -2.14. The molecule has 0 aliphatic carbocycles. The van der Waals surface area contributed by atoms with Gasteiger partial charge in [0, 0.05) is 17.1 Å². The number of anilines is 1. The van der Waals surface area contributed by atoms with Crippen LogP contribution in [0, 0.1) is 6.92 Å². The lowest BCUT2D eigenvalue weighted by molar-refractivity contribution is -0.139. The lowest BCUT2D eigenvalue weighted by Gasteiger charge is -2.04. The number of thiazole rings is 1. The zero-order valence-corrected chi connectivity index (χ0v) is 15.5. The molecule has 2 heterocycles. The van der Waals surface area contributed by atoms with Gasteiger partial charge in [-0.15, -0.1) is 11.3 Å². The summed E-state index contributed by atoms with van der Waals surface area (Å²) >= 11 is 1.36. The third kappa shape index (κ3) is 5.93. The molecular formula is C20H18N2O4S. The molecule has 1 aromatic carbocycles. The first-order valence-corrected chi connectivity index (χ1v) is 9.14. The molecule has 0 saturated carbocycles. The van der Waals surface area contributed by atoms with Crippen LogP contribution in [0.2, 0.25) is 0 Å². The van der Waals surface area contributed by atoms with Gasteiger partial charge in [0.1, 0.15) is 17.4 Å². The van der Waals surface area contributed by atoms with Crippen LogP contribution in [0.25, 0.3) is 6.08 Å². The Kier molecular flexibility index (Phi) is 6.17. The van der Waals surface area contributed by atoms with Crippen molar-refractivity contribution in [3.63, 3.8) is 0 Å². The number of carbonyl (C=O) groups is 2. The molecule has 0 aliphatic heterocycles. The van der Waals surface area contributed by atoms with Crippen LogP contribution in [0.1, 0.15) is 22.0 Å². The molecule has 3 rings (SSSR count). The number of hydrogen-bond donors (Lipinski definition) is 1. The number of nitrogens with zero attached hydrogens (tertiary/aromatic N) is 1. The van der Waals surface area contributed by atoms with E-state index in [1.807, 2.05) is 31.2 Å². The number of aryl methyl sites for hydroxylation is 1. The zero-order chi connectivity index (χ0) is 19.1. The first kappa shape index (κ1) is 18.6. The molecule has 0 atom stereocenters. The Balaban J connectivity index is 1.45. The summed E-state index contributed by atoms with van der Waals surface area (Å²) in [5.41, 5.74) is 2.49. The van der Waals surface area contributed by atoms with Crippen molar-refractivity contribution < 1.29 is 18.7 Å². The van der Waals surface area contributed by atoms with Gasteiger partial charge in [0.2, 0.25) is 5.91 Å². The maximum atomic E-state index is 12.1. The lowest BCUT2D eigenvalue weighted by atomic mass is 10.2. The van der Waals surface area contributed by atoms with Gasteiger partial charge in [-0.25, -0.2) is 9.78 Å². The molecule has 6 nitrogen and oxygen atoms in total. The third-order valence-corrected chi connectivity index (χ3v) is 4.43. The second-order valence-electron chi connectivity index (χ2n) is 5.78. The average Bonchev–Trinajstić information content (AvgIpc) is 3.32. The molecule has 0 spiro atoms. The Morgan fingerprint density at radius 1 is 1.26 bits per heavy atom. The first-order chi connectivity index (χ1) is 13.1. The zero-order valence-electron chi connectivity index (χ0n) is 14.7. The maximum Gasteiger partial charge on any atom is 0.331 e. The van der Waals surface area contributed by atoms with Crippen LogP contribution < -0.4 is 5.32 Å². The van der Waals surface area contributed by atoms with Crippen LogP contribution in [0.3, 0.4) is 0 Å². The predicted molar refractivity (Wildman–Crippen MR) is 103 cm³/mol. The highest BCUT2D eigenvalue weighted by Crippen LogP contribution is 2.14. The van der Waals surface area contributed by atoms with Crippen LogP contribution in [-0.2, 0) is 27.4 Å². The van der Waals surface area contributed by atoms with E-state index in [0.29, 0.717) is 16.5 Å². The summed E-state index contributed by atoms with van der Waals surface area (Å²) in [6, 6.07) is 11.1. The molecule has 1 N–H and O–H groups in total. The summed E-state index contributed by atoms with van der Waals surface area (Å²) in [5, 5.41) is 5.27. The van der Waals surface area contributed by atoms with E-state index in [1.54, 1.807) is 17.5 Å². The summed E-state index contributed by atoms with van der Waals surface area (Å²) in [6.07, 6.45) is 4.52. The SMILES string of the molecule is Cc1ccc(NC(=O)Cc2nc(COC(=O)/C=C/c3ccco3)cs2)cc1. The van der Waals surface area contributed by atoms with Gasteiger partial charge >= 0.3 is 5.97 Å². The van der Waals surface area contributed by atoms with E-state index in [1.165, 1.54) is 29.8 Å². The topological polar surface area (TPSA) is 81.4 Å². The van der Waals surface area contributed by atoms with Crippen molar-refractivity contribution in [3.8, 4) is 0 Å². The van der Waals surface area contributed by atoms with Gasteiger partial charge in [0.05, 0.1) is 18.4 Å². The van der Waals surface area contributed by atoms with E-state index in [0.717, 1.165) is 11.3 Å². The Morgan fingerprint density at radius 2 is 2.07 bits per heavy atom. The molecule has 3 aromatic rings. The predicted octanol–water partition coefficient (Wildman–Crippen LogP) is 3.98. The van der Waals surface area contributed by atoms with Crippen LogP contribution in [0.5, 0.6) is 0 Å². The molecule has 138 valence electrons. The Bertz CT molecular complexity index is 927. The fraction of sp³-hybridized carbons (Fsp3) is 0.150. The van der Waals surface area contributed by atoms with Crippen molar-refractivity contribution in [1.82, 2.24) is 4.98 Å². The number of nitrogens with one attached hydrogen (secondary N) is 1. The Hall–Kier alpha value is -3.19. The summed E-state index contributed by atoms with van der Waals surface area (Å²) in [7, 11) is 0. The van der Waals surface area contributed by atoms with E-state index in [9.17, 15) is 9.59 Å². The molecule has 7 heteroatoms. The summed E-state index contributed by atoms with van der Waals surface area (Å²) < 4.78 is 10.2. The van der Waals surface area contributed by atoms with Gasteiger partial charge in [0.25, 0.3) is 0 Å². The van der Waals surface area contributed by atoms with Gasteiger partial charge in [-0.3, -0.25) is 4.79 Å². The highest BCUT2D eigenvalue weighted by atomic mass is 32.1. The summed E-state index contributed by atoms with van der Waals surface area (Å²) in [6.45, 7) is 2.04. The third-order valence-electron chi connectivity index (χ3n) is 3.54. The largest absolute Gasteiger partial charge is 0.465 e. The second-order valence-corrected chi connectivity index (χ2v) is 6.72. The standard InChI is InChI=1S/C20H18N2O4S/c1-14-4-6-15(7-5-14)21-18(23)11-19-22-16(13-27-19)12-26-20(24)9-8-17-3-2-10-25-17/h2-10,13H,11-12H2,1H3,(H,21,23)/b9-8+. The van der Waals surface area contributed by atoms with Gasteiger partial charge in [-0.1, -0.05) is 17.7 Å². The van der Waals surface area contributed by atoms with E-state index >= 15 is 0 Å². The Morgan fingerprint density at radius 3 is 2.81 bits per heavy atom. The van der Waals surface area contributed by atoms with Crippen molar-refractivity contribution in [3.05, 3.63) is 76.1 Å². The monoisotopic (exact) mass is 382 g/mol. The van der Waals surface area contributed by atoms with Gasteiger partial charge in [-0.05, 0) is 37.3 Å². The van der Waals surface area contributed by atoms with Gasteiger partial charge in [-0.2, -0.15) is 0 Å². The molecule has 27 heavy (non-hydrogen) atoms. The van der Waals surface area contributed by atoms with Crippen LogP contribution in [0.4, 0.5) is 5.69 Å². The number of esters is 1. The number of carbonyl (C=O) groups excluding carboxylic acids is 2. The fourth-order valence-corrected chi connectivity index (χ4v) is 2.98. The van der Waals surface area contributed by atoms with Crippen molar-refractivity contribution in [2.24, 2.45) is 0 Å². The fourth-order valence-electron chi connectivity index (χ4n) is 2.21. The minimum atomic E-state index is -0.488. The smallest absolute Gasteiger partial charge is 0.331 e. The van der Waals surface area contributed by atoms with Crippen LogP contribution in [0.15, 0.2) is 58.5 Å². The van der Waals surface area contributed by atoms with Gasteiger partial charge in [0.15, 0.2) is 0 Å². The molecule has 0 fully saturated rings. The number of rotatable bonds is 7. The van der Waals surface area contributed by atoms with Crippen LogP contribution in [-0.4, -0.2) is 16.9 Å². The van der Waals surface area contributed by atoms with Crippen molar-refractivity contribution in [1.29, 1.82) is 0 Å². The molecule has 0 radical (unpaired) electrons. The number of aromatic nitrogens is 1. The van der Waals surface area contributed by atoms with E-state index in [-0.39, 0.29) is 18.9 Å². The number of hydrogen-bond acceptors (Lipinski definition) is 6. The molecule has 0 bridgehead atoms. The molecule has 2 aromatic heterocycles. The molecular weight excluding hydrogens is 364 g/mol. The summed E-state index contributed by atoms with van der Waals surface area (Å²) in [5.74, 6) is -0.0568. The molecule has 0 aliphatic rings. The highest BCUT2D eigenvalue weighted by Gasteiger charge is 2.09. The van der Waals surface area contributed by atoms with E-state index in [4.69, 9.17) is 9.15 Å².